The third-order valence-electron chi connectivity index (χ3n) is 2.77. The van der Waals surface area contributed by atoms with Crippen molar-refractivity contribution in [2.24, 2.45) is 5.73 Å². The SMILES string of the molecule is CCC(CC(N)=S)N(CC)Cc1cccs1. The number of nitrogens with two attached hydrogens (primary N) is 1. The van der Waals surface area contributed by atoms with Crippen molar-refractivity contribution in [3.8, 4) is 0 Å². The predicted molar refractivity (Wildman–Crippen MR) is 75.9 cm³/mol. The Bertz CT molecular complexity index is 309. The van der Waals surface area contributed by atoms with Gasteiger partial charge in [-0.1, -0.05) is 32.1 Å². The number of nitrogens with zero attached hydrogens (tertiary/aromatic N) is 1. The molecule has 0 saturated carbocycles. The molecule has 1 unspecified atom stereocenters. The number of hydrogen-bond donors (Lipinski definition) is 1. The highest BCUT2D eigenvalue weighted by molar-refractivity contribution is 7.80. The molecule has 16 heavy (non-hydrogen) atoms. The maximum Gasteiger partial charge on any atom is 0.0743 e. The smallest absolute Gasteiger partial charge is 0.0743 e. The van der Waals surface area contributed by atoms with Crippen LogP contribution >= 0.6 is 23.6 Å². The highest BCUT2D eigenvalue weighted by Gasteiger charge is 2.16. The molecule has 0 saturated heterocycles. The van der Waals surface area contributed by atoms with E-state index in [0.29, 0.717) is 11.0 Å². The van der Waals surface area contributed by atoms with Crippen molar-refractivity contribution in [1.29, 1.82) is 0 Å². The molecule has 0 radical (unpaired) electrons. The highest BCUT2D eigenvalue weighted by atomic mass is 32.1. The maximum atomic E-state index is 5.64. The van der Waals surface area contributed by atoms with Crippen molar-refractivity contribution in [2.45, 2.75) is 39.3 Å². The predicted octanol–water partition coefficient (Wildman–Crippen LogP) is 3.02. The molecule has 1 heterocycles. The van der Waals surface area contributed by atoms with E-state index in [2.05, 4.69) is 36.3 Å². The van der Waals surface area contributed by atoms with E-state index in [1.807, 2.05) is 11.3 Å². The summed E-state index contributed by atoms with van der Waals surface area (Å²) in [7, 11) is 0. The molecule has 0 fully saturated rings. The van der Waals surface area contributed by atoms with E-state index in [1.165, 1.54) is 4.88 Å². The summed E-state index contributed by atoms with van der Waals surface area (Å²) < 4.78 is 0. The summed E-state index contributed by atoms with van der Waals surface area (Å²) in [4.78, 5) is 4.48. The van der Waals surface area contributed by atoms with E-state index < -0.39 is 0 Å². The van der Waals surface area contributed by atoms with Crippen LogP contribution in [0.2, 0.25) is 0 Å². The van der Waals surface area contributed by atoms with Crippen molar-refractivity contribution in [3.63, 3.8) is 0 Å². The first-order valence-corrected chi connectivity index (χ1v) is 7.00. The molecule has 0 aliphatic rings. The van der Waals surface area contributed by atoms with Gasteiger partial charge in [0, 0.05) is 23.9 Å². The lowest BCUT2D eigenvalue weighted by atomic mass is 10.1. The minimum Gasteiger partial charge on any atom is -0.393 e. The van der Waals surface area contributed by atoms with Gasteiger partial charge in [0.25, 0.3) is 0 Å². The van der Waals surface area contributed by atoms with Gasteiger partial charge in [-0.05, 0) is 24.4 Å². The zero-order valence-corrected chi connectivity index (χ0v) is 11.6. The third-order valence-corrected chi connectivity index (χ3v) is 3.80. The van der Waals surface area contributed by atoms with Gasteiger partial charge in [0.2, 0.25) is 0 Å². The van der Waals surface area contributed by atoms with Crippen LogP contribution in [-0.2, 0) is 6.54 Å². The largest absolute Gasteiger partial charge is 0.393 e. The van der Waals surface area contributed by atoms with Crippen molar-refractivity contribution < 1.29 is 0 Å². The molecule has 1 atom stereocenters. The summed E-state index contributed by atoms with van der Waals surface area (Å²) >= 11 is 6.81. The fraction of sp³-hybridized carbons (Fsp3) is 0.583. The molecule has 0 aliphatic heterocycles. The van der Waals surface area contributed by atoms with Gasteiger partial charge >= 0.3 is 0 Å². The molecule has 0 spiro atoms. The van der Waals surface area contributed by atoms with Crippen molar-refractivity contribution in [3.05, 3.63) is 22.4 Å². The van der Waals surface area contributed by atoms with E-state index in [1.54, 1.807) is 0 Å². The summed E-state index contributed by atoms with van der Waals surface area (Å²) in [5, 5.41) is 2.12. The molecule has 0 aromatic carbocycles. The van der Waals surface area contributed by atoms with Gasteiger partial charge in [0.15, 0.2) is 0 Å². The lowest BCUT2D eigenvalue weighted by Crippen LogP contribution is -2.36. The van der Waals surface area contributed by atoms with Crippen LogP contribution in [0.4, 0.5) is 0 Å². The standard InChI is InChI=1S/C12H20N2S2/c1-3-10(8-12(13)15)14(4-2)9-11-6-5-7-16-11/h5-7,10H,3-4,8-9H2,1-2H3,(H2,13,15). The second-order valence-electron chi connectivity index (χ2n) is 3.87. The van der Waals surface area contributed by atoms with Crippen LogP contribution in [-0.4, -0.2) is 22.5 Å². The van der Waals surface area contributed by atoms with Crippen LogP contribution in [0.1, 0.15) is 31.6 Å². The number of thiocarbonyl (C=S) groups is 1. The zero-order valence-electron chi connectivity index (χ0n) is 9.98. The fourth-order valence-corrected chi connectivity index (χ4v) is 2.79. The molecule has 2 nitrogen and oxygen atoms in total. The number of thiophene rings is 1. The van der Waals surface area contributed by atoms with Crippen LogP contribution in [0.3, 0.4) is 0 Å². The first kappa shape index (κ1) is 13.6. The second-order valence-corrected chi connectivity index (χ2v) is 5.43. The van der Waals surface area contributed by atoms with Crippen LogP contribution in [0, 0.1) is 0 Å². The molecule has 0 amide bonds. The van der Waals surface area contributed by atoms with Crippen LogP contribution < -0.4 is 5.73 Å². The molecule has 0 aliphatic carbocycles. The van der Waals surface area contributed by atoms with E-state index in [9.17, 15) is 0 Å². The summed E-state index contributed by atoms with van der Waals surface area (Å²) in [6, 6.07) is 4.76. The summed E-state index contributed by atoms with van der Waals surface area (Å²) in [6.45, 7) is 6.43. The van der Waals surface area contributed by atoms with Crippen molar-refractivity contribution >= 4 is 28.5 Å². The normalized spacial score (nSPS) is 12.9. The lowest BCUT2D eigenvalue weighted by molar-refractivity contribution is 0.198. The Morgan fingerprint density at radius 1 is 1.56 bits per heavy atom. The topological polar surface area (TPSA) is 29.3 Å². The first-order valence-electron chi connectivity index (χ1n) is 5.72. The molecule has 4 heteroatoms. The van der Waals surface area contributed by atoms with E-state index in [-0.39, 0.29) is 0 Å². The molecule has 1 rings (SSSR count). The molecule has 0 bridgehead atoms. The summed E-state index contributed by atoms with van der Waals surface area (Å²) in [5.41, 5.74) is 5.64. The molecule has 1 aromatic rings. The average Bonchev–Trinajstić information content (AvgIpc) is 2.75. The minimum absolute atomic E-state index is 0.476. The Morgan fingerprint density at radius 3 is 2.75 bits per heavy atom. The van der Waals surface area contributed by atoms with Gasteiger partial charge in [-0.25, -0.2) is 0 Å². The van der Waals surface area contributed by atoms with Gasteiger partial charge in [-0.15, -0.1) is 11.3 Å². The van der Waals surface area contributed by atoms with E-state index in [4.69, 9.17) is 18.0 Å². The first-order chi connectivity index (χ1) is 7.67. The molecular weight excluding hydrogens is 236 g/mol. The van der Waals surface area contributed by atoms with Gasteiger partial charge in [-0.3, -0.25) is 4.90 Å². The van der Waals surface area contributed by atoms with Gasteiger partial charge in [-0.2, -0.15) is 0 Å². The second kappa shape index (κ2) is 6.99. The molecule has 90 valence electrons. The van der Waals surface area contributed by atoms with Gasteiger partial charge in [0.1, 0.15) is 0 Å². The Labute approximate surface area is 107 Å². The highest BCUT2D eigenvalue weighted by Crippen LogP contribution is 2.16. The van der Waals surface area contributed by atoms with Crippen LogP contribution in [0.25, 0.3) is 0 Å². The lowest BCUT2D eigenvalue weighted by Gasteiger charge is -2.29. The van der Waals surface area contributed by atoms with E-state index in [0.717, 1.165) is 25.9 Å². The van der Waals surface area contributed by atoms with Gasteiger partial charge < -0.3 is 5.73 Å². The Balaban J connectivity index is 2.60. The summed E-state index contributed by atoms with van der Waals surface area (Å²) in [6.07, 6.45) is 1.92. The Kier molecular flexibility index (Phi) is 5.95. The Hall–Kier alpha value is -0.450. The third kappa shape index (κ3) is 4.20. The number of rotatable bonds is 7. The van der Waals surface area contributed by atoms with Gasteiger partial charge in [0.05, 0.1) is 4.99 Å². The van der Waals surface area contributed by atoms with Crippen LogP contribution in [0.5, 0.6) is 0 Å². The maximum absolute atomic E-state index is 5.64. The zero-order chi connectivity index (χ0) is 12.0. The number of hydrogen-bond acceptors (Lipinski definition) is 3. The molecule has 2 N–H and O–H groups in total. The fourth-order valence-electron chi connectivity index (χ4n) is 1.87. The summed E-state index contributed by atoms with van der Waals surface area (Å²) in [5.74, 6) is 0. The van der Waals surface area contributed by atoms with Crippen LogP contribution in [0.15, 0.2) is 17.5 Å². The van der Waals surface area contributed by atoms with Crippen molar-refractivity contribution in [2.75, 3.05) is 6.54 Å². The monoisotopic (exact) mass is 256 g/mol. The molecule has 1 aromatic heterocycles. The van der Waals surface area contributed by atoms with E-state index >= 15 is 0 Å². The average molecular weight is 256 g/mol. The quantitative estimate of drug-likeness (QED) is 0.760. The van der Waals surface area contributed by atoms with Crippen molar-refractivity contribution in [1.82, 2.24) is 4.90 Å². The molecular formula is C12H20N2S2. The minimum atomic E-state index is 0.476. The Morgan fingerprint density at radius 2 is 2.31 bits per heavy atom.